The summed E-state index contributed by atoms with van der Waals surface area (Å²) in [6.45, 7) is 6.07. The van der Waals surface area contributed by atoms with Crippen LogP contribution in [0.25, 0.3) is 0 Å². The highest BCUT2D eigenvalue weighted by molar-refractivity contribution is 5.96. The van der Waals surface area contributed by atoms with Crippen LogP contribution in [0, 0.1) is 5.41 Å². The molecule has 1 amide bonds. The second kappa shape index (κ2) is 6.48. The molecule has 4 heteroatoms. The number of rotatable bonds is 5. The smallest absolute Gasteiger partial charge is 0.231 e. The van der Waals surface area contributed by atoms with Crippen molar-refractivity contribution in [3.63, 3.8) is 0 Å². The van der Waals surface area contributed by atoms with Gasteiger partial charge in [0.1, 0.15) is 5.75 Å². The van der Waals surface area contributed by atoms with E-state index in [0.717, 1.165) is 37.1 Å². The van der Waals surface area contributed by atoms with Crippen molar-refractivity contribution < 1.29 is 9.53 Å². The molecule has 4 nitrogen and oxygen atoms in total. The lowest BCUT2D eigenvalue weighted by atomic mass is 9.84. The minimum atomic E-state index is -0.465. The summed E-state index contributed by atoms with van der Waals surface area (Å²) >= 11 is 0. The molecule has 3 N–H and O–H groups in total. The zero-order valence-corrected chi connectivity index (χ0v) is 13.2. The molecule has 0 heterocycles. The number of nitrogens with two attached hydrogens (primary N) is 1. The quantitative estimate of drug-likeness (QED) is 0.874. The summed E-state index contributed by atoms with van der Waals surface area (Å²) < 4.78 is 5.78. The van der Waals surface area contributed by atoms with Crippen molar-refractivity contribution in [2.45, 2.75) is 58.6 Å². The average molecular weight is 290 g/mol. The van der Waals surface area contributed by atoms with Crippen LogP contribution in [0.3, 0.4) is 0 Å². The zero-order valence-electron chi connectivity index (χ0n) is 13.2. The van der Waals surface area contributed by atoms with E-state index in [-0.39, 0.29) is 18.1 Å². The van der Waals surface area contributed by atoms with Crippen molar-refractivity contribution in [1.82, 2.24) is 0 Å². The highest BCUT2D eigenvalue weighted by atomic mass is 16.5. The Morgan fingerprint density at radius 1 is 1.57 bits per heavy atom. The van der Waals surface area contributed by atoms with Gasteiger partial charge in [0.2, 0.25) is 5.91 Å². The Balaban J connectivity index is 2.06. The predicted molar refractivity (Wildman–Crippen MR) is 85.4 cm³/mol. The zero-order chi connectivity index (χ0) is 15.5. The van der Waals surface area contributed by atoms with Gasteiger partial charge in [0, 0.05) is 17.8 Å². The maximum Gasteiger partial charge on any atom is 0.231 e. The number of anilines is 1. The largest absolute Gasteiger partial charge is 0.491 e. The summed E-state index contributed by atoms with van der Waals surface area (Å²) in [6.07, 6.45) is 3.90. The van der Waals surface area contributed by atoms with E-state index in [1.54, 1.807) is 0 Å². The normalized spacial score (nSPS) is 26.4. The number of carbonyl (C=O) groups excluding carboxylic acids is 1. The summed E-state index contributed by atoms with van der Waals surface area (Å²) in [5, 5.41) is 2.99. The molecule has 116 valence electrons. The number of benzene rings is 1. The standard InChI is InChI=1S/C17H26N2O2/c1-4-12(2)21-14-8-5-7-13(11-14)19-16(20)17(3)10-6-9-15(17)18/h5,7-8,11-12,15H,4,6,9-10,18H2,1-3H3,(H,19,20). The Labute approximate surface area is 127 Å². The van der Waals surface area contributed by atoms with E-state index in [1.165, 1.54) is 0 Å². The molecule has 0 saturated heterocycles. The van der Waals surface area contributed by atoms with Crippen LogP contribution in [0.5, 0.6) is 5.75 Å². The van der Waals surface area contributed by atoms with Crippen molar-refractivity contribution in [1.29, 1.82) is 0 Å². The van der Waals surface area contributed by atoms with Crippen molar-refractivity contribution in [2.24, 2.45) is 11.1 Å². The van der Waals surface area contributed by atoms with E-state index in [0.29, 0.717) is 0 Å². The van der Waals surface area contributed by atoms with Crippen molar-refractivity contribution >= 4 is 11.6 Å². The first kappa shape index (κ1) is 15.8. The maximum absolute atomic E-state index is 12.5. The monoisotopic (exact) mass is 290 g/mol. The van der Waals surface area contributed by atoms with Crippen LogP contribution < -0.4 is 15.8 Å². The predicted octanol–water partition coefficient (Wildman–Crippen LogP) is 3.32. The lowest BCUT2D eigenvalue weighted by molar-refractivity contribution is -0.125. The number of ether oxygens (including phenoxy) is 1. The van der Waals surface area contributed by atoms with Crippen LogP contribution in [0.1, 0.15) is 46.5 Å². The third kappa shape index (κ3) is 3.56. The SMILES string of the molecule is CCC(C)Oc1cccc(NC(=O)C2(C)CCCC2N)c1. The fraction of sp³-hybridized carbons (Fsp3) is 0.588. The third-order valence-corrected chi connectivity index (χ3v) is 4.55. The third-order valence-electron chi connectivity index (χ3n) is 4.55. The van der Waals surface area contributed by atoms with Gasteiger partial charge in [0.05, 0.1) is 11.5 Å². The van der Waals surface area contributed by atoms with Crippen LogP contribution in [-0.2, 0) is 4.79 Å². The summed E-state index contributed by atoms with van der Waals surface area (Å²) in [6, 6.07) is 7.49. The highest BCUT2D eigenvalue weighted by Gasteiger charge is 2.42. The van der Waals surface area contributed by atoms with Crippen LogP contribution in [0.2, 0.25) is 0 Å². The summed E-state index contributed by atoms with van der Waals surface area (Å²) in [5.41, 5.74) is 6.40. The first-order valence-corrected chi connectivity index (χ1v) is 7.79. The number of carbonyl (C=O) groups is 1. The molecule has 21 heavy (non-hydrogen) atoms. The lowest BCUT2D eigenvalue weighted by Gasteiger charge is -2.27. The number of hydrogen-bond donors (Lipinski definition) is 2. The van der Waals surface area contributed by atoms with E-state index in [9.17, 15) is 4.79 Å². The second-order valence-corrected chi connectivity index (χ2v) is 6.23. The molecule has 0 radical (unpaired) electrons. The minimum absolute atomic E-state index is 0.00758. The molecular weight excluding hydrogens is 264 g/mol. The van der Waals surface area contributed by atoms with Gasteiger partial charge in [-0.15, -0.1) is 0 Å². The molecular formula is C17H26N2O2. The average Bonchev–Trinajstić information content (AvgIpc) is 2.80. The minimum Gasteiger partial charge on any atom is -0.491 e. The Bertz CT molecular complexity index is 503. The first-order chi connectivity index (χ1) is 9.95. The van der Waals surface area contributed by atoms with E-state index < -0.39 is 5.41 Å². The van der Waals surface area contributed by atoms with Crippen molar-refractivity contribution in [3.8, 4) is 5.75 Å². The van der Waals surface area contributed by atoms with Gasteiger partial charge in [-0.3, -0.25) is 4.79 Å². The van der Waals surface area contributed by atoms with Gasteiger partial charge in [-0.25, -0.2) is 0 Å². The lowest BCUT2D eigenvalue weighted by Crippen LogP contribution is -2.44. The molecule has 1 fully saturated rings. The molecule has 2 rings (SSSR count). The van der Waals surface area contributed by atoms with Gasteiger partial charge in [-0.1, -0.05) is 19.4 Å². The summed E-state index contributed by atoms with van der Waals surface area (Å²) in [5.74, 6) is 0.788. The molecule has 1 aromatic carbocycles. The molecule has 0 aromatic heterocycles. The molecule has 0 bridgehead atoms. The van der Waals surface area contributed by atoms with Gasteiger partial charge in [0.15, 0.2) is 0 Å². The number of amides is 1. The number of nitrogens with one attached hydrogen (secondary N) is 1. The fourth-order valence-electron chi connectivity index (χ4n) is 2.71. The second-order valence-electron chi connectivity index (χ2n) is 6.23. The Morgan fingerprint density at radius 2 is 2.33 bits per heavy atom. The molecule has 1 saturated carbocycles. The molecule has 1 aliphatic carbocycles. The Hall–Kier alpha value is -1.55. The van der Waals surface area contributed by atoms with Crippen LogP contribution in [-0.4, -0.2) is 18.1 Å². The topological polar surface area (TPSA) is 64.3 Å². The molecule has 1 aromatic rings. The van der Waals surface area contributed by atoms with Crippen molar-refractivity contribution in [3.05, 3.63) is 24.3 Å². The van der Waals surface area contributed by atoms with E-state index in [2.05, 4.69) is 12.2 Å². The molecule has 1 aliphatic rings. The number of hydrogen-bond acceptors (Lipinski definition) is 3. The van der Waals surface area contributed by atoms with E-state index in [4.69, 9.17) is 10.5 Å². The van der Waals surface area contributed by atoms with E-state index >= 15 is 0 Å². The Kier molecular flexibility index (Phi) is 4.88. The van der Waals surface area contributed by atoms with Crippen molar-refractivity contribution in [2.75, 3.05) is 5.32 Å². The van der Waals surface area contributed by atoms with E-state index in [1.807, 2.05) is 38.1 Å². The molecule has 0 spiro atoms. The van der Waals surface area contributed by atoms with Gasteiger partial charge in [-0.2, -0.15) is 0 Å². The molecule has 3 atom stereocenters. The fourth-order valence-corrected chi connectivity index (χ4v) is 2.71. The molecule has 0 aliphatic heterocycles. The summed E-state index contributed by atoms with van der Waals surface area (Å²) in [4.78, 5) is 12.5. The molecule has 3 unspecified atom stereocenters. The highest BCUT2D eigenvalue weighted by Crippen LogP contribution is 2.37. The van der Waals surface area contributed by atoms with Gasteiger partial charge >= 0.3 is 0 Å². The summed E-state index contributed by atoms with van der Waals surface area (Å²) in [7, 11) is 0. The van der Waals surface area contributed by atoms with Crippen LogP contribution >= 0.6 is 0 Å². The Morgan fingerprint density at radius 3 is 2.95 bits per heavy atom. The van der Waals surface area contributed by atoms with Gasteiger partial charge in [-0.05, 0) is 45.2 Å². The van der Waals surface area contributed by atoms with Crippen LogP contribution in [0.15, 0.2) is 24.3 Å². The first-order valence-electron chi connectivity index (χ1n) is 7.79. The maximum atomic E-state index is 12.5. The van der Waals surface area contributed by atoms with Gasteiger partial charge in [0.25, 0.3) is 0 Å². The van der Waals surface area contributed by atoms with Gasteiger partial charge < -0.3 is 15.8 Å². The van der Waals surface area contributed by atoms with Crippen LogP contribution in [0.4, 0.5) is 5.69 Å².